The summed E-state index contributed by atoms with van der Waals surface area (Å²) >= 11 is 0. The van der Waals surface area contributed by atoms with E-state index in [1.165, 1.54) is 0 Å². The second-order valence-corrected chi connectivity index (χ2v) is 6.68. The van der Waals surface area contributed by atoms with Crippen molar-refractivity contribution in [1.29, 1.82) is 0 Å². The van der Waals surface area contributed by atoms with E-state index in [1.54, 1.807) is 37.5 Å². The second kappa shape index (κ2) is 7.58. The van der Waals surface area contributed by atoms with Crippen LogP contribution in [0.25, 0.3) is 11.1 Å². The number of rotatable bonds is 5. The maximum atomic E-state index is 13.4. The zero-order chi connectivity index (χ0) is 19.6. The van der Waals surface area contributed by atoms with Gasteiger partial charge in [0.25, 0.3) is 5.56 Å². The standard InChI is InChI=1S/C22H23N3O2/c1-5-18-14(2)24-22(27)20(25(3)4)19(18)21(26)16-9-6-8-15(12-16)17-10-7-11-23-13-17/h6-13H,5H2,1-4H3,(H,24,27). The lowest BCUT2D eigenvalue weighted by atomic mass is 9.93. The topological polar surface area (TPSA) is 66.1 Å². The van der Waals surface area contributed by atoms with Crippen molar-refractivity contribution in [3.63, 3.8) is 0 Å². The SMILES string of the molecule is CCc1c(C)[nH]c(=O)c(N(C)C)c1C(=O)c1cccc(-c2cccnc2)c1. The number of aromatic amines is 1. The molecular weight excluding hydrogens is 338 g/mol. The van der Waals surface area contributed by atoms with Crippen LogP contribution in [0.1, 0.15) is 34.1 Å². The molecular formula is C22H23N3O2. The lowest BCUT2D eigenvalue weighted by Gasteiger charge is -2.20. The molecule has 0 bridgehead atoms. The summed E-state index contributed by atoms with van der Waals surface area (Å²) in [6, 6.07) is 11.3. The molecule has 0 saturated heterocycles. The van der Waals surface area contributed by atoms with Crippen LogP contribution < -0.4 is 10.5 Å². The predicted molar refractivity (Wildman–Crippen MR) is 109 cm³/mol. The molecule has 1 aromatic carbocycles. The van der Waals surface area contributed by atoms with Crippen molar-refractivity contribution in [2.24, 2.45) is 0 Å². The molecule has 3 aromatic rings. The Hall–Kier alpha value is -3.21. The highest BCUT2D eigenvalue weighted by atomic mass is 16.1. The third kappa shape index (κ3) is 3.53. The highest BCUT2D eigenvalue weighted by Gasteiger charge is 2.23. The van der Waals surface area contributed by atoms with Gasteiger partial charge in [-0.05, 0) is 36.6 Å². The second-order valence-electron chi connectivity index (χ2n) is 6.68. The lowest BCUT2D eigenvalue weighted by Crippen LogP contribution is -2.27. The first kappa shape index (κ1) is 18.6. The number of pyridine rings is 2. The summed E-state index contributed by atoms with van der Waals surface area (Å²) < 4.78 is 0. The largest absolute Gasteiger partial charge is 0.373 e. The predicted octanol–water partition coefficient (Wildman–Crippen LogP) is 3.60. The quantitative estimate of drug-likeness (QED) is 0.705. The molecule has 0 fully saturated rings. The van der Waals surface area contributed by atoms with Crippen LogP contribution in [0.3, 0.4) is 0 Å². The summed E-state index contributed by atoms with van der Waals surface area (Å²) in [6.07, 6.45) is 4.14. The molecule has 27 heavy (non-hydrogen) atoms. The highest BCUT2D eigenvalue weighted by molar-refractivity contribution is 6.13. The zero-order valence-electron chi connectivity index (χ0n) is 16.0. The molecule has 5 nitrogen and oxygen atoms in total. The molecule has 2 aromatic heterocycles. The van der Waals surface area contributed by atoms with Gasteiger partial charge in [0, 0.05) is 43.3 Å². The Labute approximate surface area is 158 Å². The monoisotopic (exact) mass is 361 g/mol. The molecule has 0 aliphatic heterocycles. The van der Waals surface area contributed by atoms with Gasteiger partial charge < -0.3 is 9.88 Å². The number of benzene rings is 1. The average molecular weight is 361 g/mol. The van der Waals surface area contributed by atoms with Gasteiger partial charge in [0.1, 0.15) is 5.69 Å². The zero-order valence-corrected chi connectivity index (χ0v) is 16.0. The van der Waals surface area contributed by atoms with E-state index in [0.717, 1.165) is 22.4 Å². The van der Waals surface area contributed by atoms with Gasteiger partial charge in [0.15, 0.2) is 5.78 Å². The Kier molecular flexibility index (Phi) is 5.21. The maximum absolute atomic E-state index is 13.4. The van der Waals surface area contributed by atoms with Gasteiger partial charge >= 0.3 is 0 Å². The van der Waals surface area contributed by atoms with Crippen molar-refractivity contribution in [3.05, 3.63) is 81.5 Å². The number of nitrogens with zero attached hydrogens (tertiary/aromatic N) is 2. The van der Waals surface area contributed by atoms with E-state index >= 15 is 0 Å². The number of H-pyrrole nitrogens is 1. The normalized spacial score (nSPS) is 10.7. The fourth-order valence-corrected chi connectivity index (χ4v) is 3.38. The Bertz CT molecular complexity index is 1040. The van der Waals surface area contributed by atoms with Gasteiger partial charge in [-0.25, -0.2) is 0 Å². The third-order valence-electron chi connectivity index (χ3n) is 4.65. The Morgan fingerprint density at radius 1 is 1.15 bits per heavy atom. The minimum absolute atomic E-state index is 0.143. The van der Waals surface area contributed by atoms with Crippen LogP contribution in [0.5, 0.6) is 0 Å². The number of carbonyl (C=O) groups excluding carboxylic acids is 1. The van der Waals surface area contributed by atoms with Crippen molar-refractivity contribution >= 4 is 11.5 Å². The van der Waals surface area contributed by atoms with Crippen molar-refractivity contribution in [2.45, 2.75) is 20.3 Å². The minimum atomic E-state index is -0.249. The molecule has 0 aliphatic rings. The molecule has 0 radical (unpaired) electrons. The number of nitrogens with one attached hydrogen (secondary N) is 1. The number of carbonyl (C=O) groups is 1. The first-order valence-corrected chi connectivity index (χ1v) is 8.92. The van der Waals surface area contributed by atoms with Crippen molar-refractivity contribution in [2.75, 3.05) is 19.0 Å². The molecule has 1 N–H and O–H groups in total. The minimum Gasteiger partial charge on any atom is -0.373 e. The summed E-state index contributed by atoms with van der Waals surface area (Å²) in [5.41, 5.74) is 4.65. The van der Waals surface area contributed by atoms with Crippen LogP contribution in [0.2, 0.25) is 0 Å². The van der Waals surface area contributed by atoms with Crippen molar-refractivity contribution < 1.29 is 4.79 Å². The van der Waals surface area contributed by atoms with E-state index in [0.29, 0.717) is 23.2 Å². The molecule has 0 unspecified atom stereocenters. The van der Waals surface area contributed by atoms with Crippen molar-refractivity contribution in [3.8, 4) is 11.1 Å². The Morgan fingerprint density at radius 3 is 2.52 bits per heavy atom. The summed E-state index contributed by atoms with van der Waals surface area (Å²) in [6.45, 7) is 3.82. The van der Waals surface area contributed by atoms with Crippen LogP contribution in [0.15, 0.2) is 53.6 Å². The molecule has 0 amide bonds. The number of anilines is 1. The van der Waals surface area contributed by atoms with Gasteiger partial charge in [-0.15, -0.1) is 0 Å². The van der Waals surface area contributed by atoms with Crippen LogP contribution in [-0.4, -0.2) is 29.8 Å². The van der Waals surface area contributed by atoms with Gasteiger partial charge in [0.2, 0.25) is 0 Å². The number of hydrogen-bond acceptors (Lipinski definition) is 4. The molecule has 5 heteroatoms. The Balaban J connectivity index is 2.19. The van der Waals surface area contributed by atoms with Gasteiger partial charge in [-0.1, -0.05) is 31.2 Å². The smallest absolute Gasteiger partial charge is 0.272 e. The van der Waals surface area contributed by atoms with Gasteiger partial charge in [-0.2, -0.15) is 0 Å². The number of hydrogen-bond donors (Lipinski definition) is 1. The van der Waals surface area contributed by atoms with E-state index in [-0.39, 0.29) is 11.3 Å². The number of ketones is 1. The summed E-state index contributed by atoms with van der Waals surface area (Å²) in [4.78, 5) is 34.7. The molecule has 2 heterocycles. The molecule has 0 spiro atoms. The van der Waals surface area contributed by atoms with Crippen molar-refractivity contribution in [1.82, 2.24) is 9.97 Å². The van der Waals surface area contributed by atoms with Crippen LogP contribution in [-0.2, 0) is 6.42 Å². The summed E-state index contributed by atoms with van der Waals surface area (Å²) in [5.74, 6) is -0.143. The Morgan fingerprint density at radius 2 is 1.89 bits per heavy atom. The maximum Gasteiger partial charge on any atom is 0.272 e. The first-order valence-electron chi connectivity index (χ1n) is 8.92. The average Bonchev–Trinajstić information content (AvgIpc) is 2.67. The van der Waals surface area contributed by atoms with E-state index in [9.17, 15) is 9.59 Å². The molecule has 3 rings (SSSR count). The first-order chi connectivity index (χ1) is 12.9. The molecule has 138 valence electrons. The molecule has 0 aliphatic carbocycles. The van der Waals surface area contributed by atoms with Gasteiger partial charge in [-0.3, -0.25) is 14.6 Å². The van der Waals surface area contributed by atoms with E-state index in [1.807, 2.05) is 44.2 Å². The summed E-state index contributed by atoms with van der Waals surface area (Å²) in [5, 5.41) is 0. The molecule has 0 atom stereocenters. The van der Waals surface area contributed by atoms with E-state index in [4.69, 9.17) is 0 Å². The van der Waals surface area contributed by atoms with Crippen LogP contribution in [0.4, 0.5) is 5.69 Å². The number of aromatic nitrogens is 2. The lowest BCUT2D eigenvalue weighted by molar-refractivity contribution is 0.103. The third-order valence-corrected chi connectivity index (χ3v) is 4.65. The highest BCUT2D eigenvalue weighted by Crippen LogP contribution is 2.26. The molecule has 0 saturated carbocycles. The number of aryl methyl sites for hydroxylation is 1. The fraction of sp³-hybridized carbons (Fsp3) is 0.227. The van der Waals surface area contributed by atoms with Crippen LogP contribution >= 0.6 is 0 Å². The fourth-order valence-electron chi connectivity index (χ4n) is 3.38. The summed E-state index contributed by atoms with van der Waals surface area (Å²) in [7, 11) is 3.56. The van der Waals surface area contributed by atoms with Crippen LogP contribution in [0, 0.1) is 6.92 Å². The van der Waals surface area contributed by atoms with Gasteiger partial charge in [0.05, 0.1) is 5.56 Å². The van der Waals surface area contributed by atoms with E-state index in [2.05, 4.69) is 9.97 Å². The van der Waals surface area contributed by atoms with E-state index < -0.39 is 0 Å².